The van der Waals surface area contributed by atoms with Gasteiger partial charge in [0.15, 0.2) is 0 Å². The topological polar surface area (TPSA) is 135 Å². The number of fused-ring (bicyclic) bond motifs is 2. The van der Waals surface area contributed by atoms with E-state index in [1.165, 1.54) is 0 Å². The zero-order valence-corrected chi connectivity index (χ0v) is 18.5. The number of rotatable bonds is 4. The Morgan fingerprint density at radius 2 is 1.91 bits per heavy atom. The number of carbonyl (C=O) groups is 2. The van der Waals surface area contributed by atoms with Gasteiger partial charge in [0.05, 0.1) is 18.8 Å². The second-order valence-corrected chi connectivity index (χ2v) is 8.79. The van der Waals surface area contributed by atoms with Crippen LogP contribution in [0.25, 0.3) is 0 Å². The minimum Gasteiger partial charge on any atom is -0.483 e. The average Bonchev–Trinajstić information content (AvgIpc) is 3.11. The molecule has 10 heteroatoms. The van der Waals surface area contributed by atoms with Crippen molar-refractivity contribution in [3.63, 3.8) is 0 Å². The first-order valence-electron chi connectivity index (χ1n) is 11.3. The molecule has 5 rings (SSSR count). The molecule has 3 aliphatic heterocycles. The second-order valence-electron chi connectivity index (χ2n) is 8.79. The van der Waals surface area contributed by atoms with Gasteiger partial charge in [-0.25, -0.2) is 4.98 Å². The molecule has 33 heavy (non-hydrogen) atoms. The van der Waals surface area contributed by atoms with Gasteiger partial charge in [-0.2, -0.15) is 4.98 Å². The van der Waals surface area contributed by atoms with E-state index in [9.17, 15) is 4.79 Å². The molecular weight excluding hydrogens is 424 g/mol. The van der Waals surface area contributed by atoms with Crippen LogP contribution in [0.4, 0.5) is 11.8 Å². The van der Waals surface area contributed by atoms with Crippen LogP contribution in [0.1, 0.15) is 37.7 Å². The molecule has 1 unspecified atom stereocenters. The highest BCUT2D eigenvalue weighted by molar-refractivity contribution is 5.77. The van der Waals surface area contributed by atoms with Crippen molar-refractivity contribution >= 4 is 24.1 Å². The molecule has 1 spiro atoms. The highest BCUT2D eigenvalue weighted by Crippen LogP contribution is 2.44. The standard InChI is InChI=1S/C22H28N6O2.CH2O2/c23-19-7-10-25-21(26-19)27-11-12-30-22(15-27)13-17-2-3-18(14-22)28(17)20(29)4-1-16-5-8-24-9-6-16;2-1-3/h5-10,17-18H,1-4,11-15H2,(H2,23,25,26);1H,(H,2,3)/t17-,18+,22?;. The number of nitrogens with two attached hydrogens (primary N) is 1. The highest BCUT2D eigenvalue weighted by atomic mass is 16.5. The molecule has 3 saturated heterocycles. The van der Waals surface area contributed by atoms with Crippen LogP contribution in [-0.4, -0.2) is 74.7 Å². The summed E-state index contributed by atoms with van der Waals surface area (Å²) in [6, 6.07) is 6.19. The van der Waals surface area contributed by atoms with Crippen LogP contribution in [0.5, 0.6) is 0 Å². The summed E-state index contributed by atoms with van der Waals surface area (Å²) >= 11 is 0. The number of amides is 1. The Bertz CT molecular complexity index is 945. The first-order valence-corrected chi connectivity index (χ1v) is 11.3. The zero-order valence-electron chi connectivity index (χ0n) is 18.5. The lowest BCUT2D eigenvalue weighted by atomic mass is 9.84. The fourth-order valence-corrected chi connectivity index (χ4v) is 5.42. The van der Waals surface area contributed by atoms with Gasteiger partial charge in [0, 0.05) is 43.6 Å². The van der Waals surface area contributed by atoms with E-state index >= 15 is 0 Å². The Morgan fingerprint density at radius 3 is 2.58 bits per heavy atom. The van der Waals surface area contributed by atoms with Crippen LogP contribution >= 0.6 is 0 Å². The van der Waals surface area contributed by atoms with Crippen LogP contribution in [0.15, 0.2) is 36.8 Å². The number of nitrogens with zero attached hydrogens (tertiary/aromatic N) is 5. The van der Waals surface area contributed by atoms with Crippen LogP contribution in [0, 0.1) is 0 Å². The first-order chi connectivity index (χ1) is 16.0. The normalized spacial score (nSPS) is 25.9. The summed E-state index contributed by atoms with van der Waals surface area (Å²) in [6.45, 7) is 1.91. The fourth-order valence-electron chi connectivity index (χ4n) is 5.42. The van der Waals surface area contributed by atoms with Crippen LogP contribution in [0.2, 0.25) is 0 Å². The predicted octanol–water partition coefficient (Wildman–Crippen LogP) is 1.52. The molecule has 2 bridgehead atoms. The molecule has 5 heterocycles. The van der Waals surface area contributed by atoms with Gasteiger partial charge in [-0.05, 0) is 55.9 Å². The van der Waals surface area contributed by atoms with Gasteiger partial charge >= 0.3 is 0 Å². The van der Waals surface area contributed by atoms with Gasteiger partial charge < -0.3 is 25.4 Å². The monoisotopic (exact) mass is 454 g/mol. The third-order valence-electron chi connectivity index (χ3n) is 6.70. The first kappa shape index (κ1) is 22.9. The number of carbonyl (C=O) groups excluding carboxylic acids is 1. The number of morpholine rings is 1. The van der Waals surface area contributed by atoms with Crippen molar-refractivity contribution in [2.45, 2.75) is 56.2 Å². The lowest BCUT2D eigenvalue weighted by molar-refractivity contribution is -0.147. The number of carboxylic acid groups (broad SMARTS) is 1. The predicted molar refractivity (Wildman–Crippen MR) is 121 cm³/mol. The van der Waals surface area contributed by atoms with E-state index in [1.54, 1.807) is 24.7 Å². The van der Waals surface area contributed by atoms with Crippen molar-refractivity contribution in [1.29, 1.82) is 0 Å². The van der Waals surface area contributed by atoms with Crippen molar-refractivity contribution in [2.75, 3.05) is 30.3 Å². The number of aromatic nitrogens is 3. The molecule has 3 fully saturated rings. The third kappa shape index (κ3) is 5.22. The van der Waals surface area contributed by atoms with E-state index in [0.29, 0.717) is 24.8 Å². The molecule has 0 aliphatic carbocycles. The molecule has 3 N–H and O–H groups in total. The maximum atomic E-state index is 13.1. The van der Waals surface area contributed by atoms with Crippen molar-refractivity contribution in [2.24, 2.45) is 0 Å². The Labute approximate surface area is 192 Å². The van der Waals surface area contributed by atoms with E-state index in [2.05, 4.69) is 24.8 Å². The Morgan fingerprint density at radius 1 is 1.21 bits per heavy atom. The number of ether oxygens (including phenoxy) is 1. The molecule has 0 aromatic carbocycles. The van der Waals surface area contributed by atoms with Crippen molar-refractivity contribution in [3.8, 4) is 0 Å². The largest absolute Gasteiger partial charge is 0.483 e. The van der Waals surface area contributed by atoms with Gasteiger partial charge in [-0.15, -0.1) is 0 Å². The summed E-state index contributed by atoms with van der Waals surface area (Å²) in [7, 11) is 0. The molecular formula is C23H30N6O4. The smallest absolute Gasteiger partial charge is 0.290 e. The SMILES string of the molecule is Nc1ccnc(N2CCOC3(C[C@H]4CC[C@@H](C3)N4C(=O)CCc3ccncc3)C2)n1.O=CO. The van der Waals surface area contributed by atoms with Gasteiger partial charge in [-0.3, -0.25) is 14.6 Å². The zero-order chi connectivity index (χ0) is 23.3. The number of nitrogen functional groups attached to an aromatic ring is 1. The maximum Gasteiger partial charge on any atom is 0.290 e. The molecule has 1 amide bonds. The summed E-state index contributed by atoms with van der Waals surface area (Å²) in [5, 5.41) is 6.89. The summed E-state index contributed by atoms with van der Waals surface area (Å²) < 4.78 is 6.35. The van der Waals surface area contributed by atoms with Crippen LogP contribution in [0.3, 0.4) is 0 Å². The van der Waals surface area contributed by atoms with Gasteiger partial charge in [0.2, 0.25) is 11.9 Å². The molecule has 2 aromatic heterocycles. The summed E-state index contributed by atoms with van der Waals surface area (Å²) in [6.07, 6.45) is 10.5. The number of piperidine rings is 1. The lowest BCUT2D eigenvalue weighted by Gasteiger charge is -2.50. The van der Waals surface area contributed by atoms with Gasteiger partial charge in [-0.1, -0.05) is 0 Å². The number of anilines is 2. The number of aryl methyl sites for hydroxylation is 1. The summed E-state index contributed by atoms with van der Waals surface area (Å²) in [4.78, 5) is 38.6. The molecule has 176 valence electrons. The van der Waals surface area contributed by atoms with Crippen molar-refractivity contribution in [3.05, 3.63) is 42.4 Å². The highest BCUT2D eigenvalue weighted by Gasteiger charge is 2.52. The Hall–Kier alpha value is -3.27. The minimum atomic E-state index is -0.250. The molecule has 0 radical (unpaired) electrons. The molecule has 3 atom stereocenters. The summed E-state index contributed by atoms with van der Waals surface area (Å²) in [5.41, 5.74) is 6.78. The number of pyridine rings is 1. The number of hydrogen-bond acceptors (Lipinski definition) is 8. The fraction of sp³-hybridized carbons (Fsp3) is 0.522. The van der Waals surface area contributed by atoms with Gasteiger partial charge in [0.1, 0.15) is 5.82 Å². The lowest BCUT2D eigenvalue weighted by Crippen LogP contribution is -2.61. The van der Waals surface area contributed by atoms with Crippen LogP contribution < -0.4 is 10.6 Å². The summed E-state index contributed by atoms with van der Waals surface area (Å²) in [5.74, 6) is 1.41. The van der Waals surface area contributed by atoms with Crippen LogP contribution in [-0.2, 0) is 20.7 Å². The Balaban J connectivity index is 0.000000821. The second kappa shape index (κ2) is 10.1. The molecule has 2 aromatic rings. The molecule has 3 aliphatic rings. The molecule has 0 saturated carbocycles. The van der Waals surface area contributed by atoms with Gasteiger partial charge in [0.25, 0.3) is 6.47 Å². The average molecular weight is 455 g/mol. The number of hydrogen-bond donors (Lipinski definition) is 2. The van der Waals surface area contributed by atoms with Crippen molar-refractivity contribution < 1.29 is 19.4 Å². The van der Waals surface area contributed by atoms with Crippen molar-refractivity contribution in [1.82, 2.24) is 19.9 Å². The van der Waals surface area contributed by atoms with E-state index in [0.717, 1.165) is 50.8 Å². The molecule has 10 nitrogen and oxygen atoms in total. The van der Waals surface area contributed by atoms with E-state index in [1.807, 2.05) is 12.1 Å². The Kier molecular flexibility index (Phi) is 7.02. The van der Waals surface area contributed by atoms with E-state index in [4.69, 9.17) is 20.4 Å². The van der Waals surface area contributed by atoms with E-state index < -0.39 is 0 Å². The third-order valence-corrected chi connectivity index (χ3v) is 6.70. The maximum absolute atomic E-state index is 13.1. The minimum absolute atomic E-state index is 0.236. The quantitative estimate of drug-likeness (QED) is 0.659. The van der Waals surface area contributed by atoms with E-state index in [-0.39, 0.29) is 30.1 Å².